The molecule has 4 heteroatoms. The SMILES string of the molecule is CCCC(C=O)NC(=O)c1ccccc1C.CCc1ccccn1. The van der Waals surface area contributed by atoms with Crippen LogP contribution in [0, 0.1) is 6.92 Å². The number of nitrogens with zero attached hydrogens (tertiary/aromatic N) is 1. The van der Waals surface area contributed by atoms with Gasteiger partial charge in [-0.25, -0.2) is 0 Å². The summed E-state index contributed by atoms with van der Waals surface area (Å²) in [5, 5.41) is 2.72. The van der Waals surface area contributed by atoms with Gasteiger partial charge in [0.05, 0.1) is 6.04 Å². The number of aromatic nitrogens is 1. The van der Waals surface area contributed by atoms with E-state index in [4.69, 9.17) is 0 Å². The topological polar surface area (TPSA) is 59.1 Å². The first kappa shape index (κ1) is 19.6. The summed E-state index contributed by atoms with van der Waals surface area (Å²) in [5.41, 5.74) is 2.71. The Kier molecular flexibility index (Phi) is 9.05. The molecule has 0 aliphatic rings. The van der Waals surface area contributed by atoms with Crippen LogP contribution in [0.15, 0.2) is 48.7 Å². The maximum atomic E-state index is 11.8. The van der Waals surface area contributed by atoms with E-state index in [1.165, 1.54) is 0 Å². The normalized spacial score (nSPS) is 11.0. The van der Waals surface area contributed by atoms with Crippen molar-refractivity contribution >= 4 is 12.2 Å². The van der Waals surface area contributed by atoms with Gasteiger partial charge in [0.25, 0.3) is 5.91 Å². The number of pyridine rings is 1. The zero-order chi connectivity index (χ0) is 17.8. The Hall–Kier alpha value is -2.49. The predicted molar refractivity (Wildman–Crippen MR) is 97.0 cm³/mol. The van der Waals surface area contributed by atoms with Crippen molar-refractivity contribution in [1.82, 2.24) is 10.3 Å². The lowest BCUT2D eigenvalue weighted by molar-refractivity contribution is -0.109. The van der Waals surface area contributed by atoms with Gasteiger partial charge in [0.15, 0.2) is 0 Å². The molecule has 4 nitrogen and oxygen atoms in total. The van der Waals surface area contributed by atoms with E-state index in [2.05, 4.69) is 17.2 Å². The summed E-state index contributed by atoms with van der Waals surface area (Å²) in [6, 6.07) is 12.9. The maximum absolute atomic E-state index is 11.8. The molecule has 0 saturated heterocycles. The van der Waals surface area contributed by atoms with Gasteiger partial charge in [0.2, 0.25) is 0 Å². The third-order valence-electron chi connectivity index (χ3n) is 3.56. The molecular weight excluding hydrogens is 300 g/mol. The van der Waals surface area contributed by atoms with Crippen LogP contribution in [0.1, 0.15) is 48.3 Å². The van der Waals surface area contributed by atoms with Crippen LogP contribution in [0.25, 0.3) is 0 Å². The van der Waals surface area contributed by atoms with Gasteiger partial charge in [-0.2, -0.15) is 0 Å². The maximum Gasteiger partial charge on any atom is 0.252 e. The number of hydrogen-bond donors (Lipinski definition) is 1. The number of benzene rings is 1. The Morgan fingerprint density at radius 1 is 1.17 bits per heavy atom. The molecule has 2 rings (SSSR count). The van der Waals surface area contributed by atoms with Crippen molar-refractivity contribution in [2.45, 2.75) is 46.1 Å². The van der Waals surface area contributed by atoms with E-state index < -0.39 is 0 Å². The number of carbonyl (C=O) groups is 2. The van der Waals surface area contributed by atoms with Gasteiger partial charge < -0.3 is 10.1 Å². The van der Waals surface area contributed by atoms with E-state index in [1.807, 2.05) is 56.4 Å². The second-order valence-electron chi connectivity index (χ2n) is 5.49. The first-order valence-electron chi connectivity index (χ1n) is 8.34. The summed E-state index contributed by atoms with van der Waals surface area (Å²) >= 11 is 0. The van der Waals surface area contributed by atoms with Crippen molar-refractivity contribution in [3.63, 3.8) is 0 Å². The highest BCUT2D eigenvalue weighted by Crippen LogP contribution is 2.07. The van der Waals surface area contributed by atoms with Crippen molar-refractivity contribution in [3.8, 4) is 0 Å². The lowest BCUT2D eigenvalue weighted by Crippen LogP contribution is -2.36. The van der Waals surface area contributed by atoms with Gasteiger partial charge >= 0.3 is 0 Å². The summed E-state index contributed by atoms with van der Waals surface area (Å²) in [5.74, 6) is -0.177. The van der Waals surface area contributed by atoms with Gasteiger partial charge in [-0.1, -0.05) is 44.5 Å². The number of nitrogens with one attached hydrogen (secondary N) is 1. The van der Waals surface area contributed by atoms with Crippen LogP contribution in [0.3, 0.4) is 0 Å². The highest BCUT2D eigenvalue weighted by atomic mass is 16.2. The molecule has 0 aliphatic heterocycles. The Morgan fingerprint density at radius 2 is 1.88 bits per heavy atom. The molecule has 1 aromatic carbocycles. The number of amides is 1. The Bertz CT molecular complexity index is 627. The number of rotatable bonds is 6. The molecule has 0 saturated carbocycles. The molecule has 1 unspecified atom stereocenters. The molecule has 1 amide bonds. The van der Waals surface area contributed by atoms with Crippen LogP contribution in [-0.4, -0.2) is 23.2 Å². The molecule has 0 bridgehead atoms. The molecule has 2 aromatic rings. The summed E-state index contributed by atoms with van der Waals surface area (Å²) in [7, 11) is 0. The highest BCUT2D eigenvalue weighted by Gasteiger charge is 2.13. The van der Waals surface area contributed by atoms with E-state index in [0.29, 0.717) is 12.0 Å². The number of carbonyl (C=O) groups excluding carboxylic acids is 2. The van der Waals surface area contributed by atoms with Crippen molar-refractivity contribution in [2.75, 3.05) is 0 Å². The fourth-order valence-corrected chi connectivity index (χ4v) is 2.17. The van der Waals surface area contributed by atoms with Gasteiger partial charge in [0, 0.05) is 17.5 Å². The monoisotopic (exact) mass is 326 g/mol. The number of hydrogen-bond acceptors (Lipinski definition) is 3. The molecule has 0 fully saturated rings. The van der Waals surface area contributed by atoms with Crippen LogP contribution < -0.4 is 5.32 Å². The molecular formula is C20H26N2O2. The van der Waals surface area contributed by atoms with Crippen LogP contribution in [0.2, 0.25) is 0 Å². The first-order valence-corrected chi connectivity index (χ1v) is 8.34. The Morgan fingerprint density at radius 3 is 2.38 bits per heavy atom. The fraction of sp³-hybridized carbons (Fsp3) is 0.350. The van der Waals surface area contributed by atoms with E-state index in [0.717, 1.165) is 30.4 Å². The van der Waals surface area contributed by atoms with Gasteiger partial charge in [-0.15, -0.1) is 0 Å². The molecule has 0 aliphatic carbocycles. The average Bonchev–Trinajstić information content (AvgIpc) is 2.62. The lowest BCUT2D eigenvalue weighted by Gasteiger charge is -2.12. The van der Waals surface area contributed by atoms with E-state index in [1.54, 1.807) is 6.07 Å². The second-order valence-corrected chi connectivity index (χ2v) is 5.49. The standard InChI is InChI=1S/C13H17NO2.C7H9N/c1-3-6-11(9-15)14-13(16)12-8-5-4-7-10(12)2;1-2-7-5-3-4-6-8-7/h4-5,7-9,11H,3,6H2,1-2H3,(H,14,16);3-6H,2H2,1H3. The Balaban J connectivity index is 0.000000300. The minimum Gasteiger partial charge on any atom is -0.343 e. The van der Waals surface area contributed by atoms with E-state index >= 15 is 0 Å². The smallest absolute Gasteiger partial charge is 0.252 e. The van der Waals surface area contributed by atoms with Crippen molar-refractivity contribution in [1.29, 1.82) is 0 Å². The average molecular weight is 326 g/mol. The van der Waals surface area contributed by atoms with Crippen LogP contribution in [0.5, 0.6) is 0 Å². The van der Waals surface area contributed by atoms with Crippen LogP contribution in [0.4, 0.5) is 0 Å². The van der Waals surface area contributed by atoms with E-state index in [9.17, 15) is 9.59 Å². The molecule has 1 aromatic heterocycles. The van der Waals surface area contributed by atoms with Gasteiger partial charge in [0.1, 0.15) is 6.29 Å². The first-order chi connectivity index (χ1) is 11.6. The van der Waals surface area contributed by atoms with Crippen molar-refractivity contribution in [3.05, 3.63) is 65.5 Å². The zero-order valence-electron chi connectivity index (χ0n) is 14.7. The molecule has 0 radical (unpaired) electrons. The second kappa shape index (κ2) is 11.1. The Labute approximate surface area is 144 Å². The highest BCUT2D eigenvalue weighted by molar-refractivity contribution is 5.96. The summed E-state index contributed by atoms with van der Waals surface area (Å²) in [6.07, 6.45) is 5.19. The predicted octanol–water partition coefficient (Wildman–Crippen LogP) is 3.74. The molecule has 1 atom stereocenters. The third kappa shape index (κ3) is 6.73. The summed E-state index contributed by atoms with van der Waals surface area (Å²) in [6.45, 7) is 5.96. The molecule has 128 valence electrons. The zero-order valence-corrected chi connectivity index (χ0v) is 14.7. The van der Waals surface area contributed by atoms with Gasteiger partial charge in [-0.05, 0) is 43.5 Å². The van der Waals surface area contributed by atoms with Crippen molar-refractivity contribution < 1.29 is 9.59 Å². The van der Waals surface area contributed by atoms with E-state index in [-0.39, 0.29) is 11.9 Å². The summed E-state index contributed by atoms with van der Waals surface area (Å²) in [4.78, 5) is 26.7. The van der Waals surface area contributed by atoms with Gasteiger partial charge in [-0.3, -0.25) is 9.78 Å². The summed E-state index contributed by atoms with van der Waals surface area (Å²) < 4.78 is 0. The molecule has 1 N–H and O–H groups in total. The third-order valence-corrected chi connectivity index (χ3v) is 3.56. The fourth-order valence-electron chi connectivity index (χ4n) is 2.17. The molecule has 1 heterocycles. The molecule has 0 spiro atoms. The minimum absolute atomic E-state index is 0.177. The van der Waals surface area contributed by atoms with Crippen LogP contribution in [-0.2, 0) is 11.2 Å². The quantitative estimate of drug-likeness (QED) is 0.823. The molecule has 24 heavy (non-hydrogen) atoms. The van der Waals surface area contributed by atoms with Crippen LogP contribution >= 0.6 is 0 Å². The minimum atomic E-state index is -0.378. The number of aldehydes is 1. The number of aryl methyl sites for hydroxylation is 2. The largest absolute Gasteiger partial charge is 0.343 e. The van der Waals surface area contributed by atoms with Crippen molar-refractivity contribution in [2.24, 2.45) is 0 Å². The lowest BCUT2D eigenvalue weighted by atomic mass is 10.1.